The molecule has 0 fully saturated rings. The molecule has 1 aromatic carbocycles. The summed E-state index contributed by atoms with van der Waals surface area (Å²) in [7, 11) is 1.58. The third-order valence-electron chi connectivity index (χ3n) is 3.80. The summed E-state index contributed by atoms with van der Waals surface area (Å²) in [6.45, 7) is 6.14. The minimum atomic E-state index is -0.339. The number of rotatable bonds is 4. The quantitative estimate of drug-likeness (QED) is 0.787. The van der Waals surface area contributed by atoms with E-state index in [0.29, 0.717) is 22.7 Å². The highest BCUT2D eigenvalue weighted by Gasteiger charge is 2.18. The van der Waals surface area contributed by atoms with Gasteiger partial charge in [-0.25, -0.2) is 4.98 Å². The van der Waals surface area contributed by atoms with Crippen LogP contribution >= 0.6 is 0 Å². The number of hydrogen-bond donors (Lipinski definition) is 1. The van der Waals surface area contributed by atoms with Crippen molar-refractivity contribution in [3.8, 4) is 5.75 Å². The molecule has 0 aliphatic heterocycles. The second kappa shape index (κ2) is 6.31. The number of nitrogens with zero attached hydrogens (tertiary/aromatic N) is 2. The van der Waals surface area contributed by atoms with Gasteiger partial charge in [-0.15, -0.1) is 0 Å². The lowest BCUT2D eigenvalue weighted by Gasteiger charge is -2.15. The van der Waals surface area contributed by atoms with Crippen molar-refractivity contribution in [1.82, 2.24) is 9.97 Å². The zero-order valence-electron chi connectivity index (χ0n) is 14.1. The number of carbonyl (C=O) groups excluding carboxylic acids is 1. The number of methoxy groups -OCH3 is 1. The second-order valence-corrected chi connectivity index (χ2v) is 5.87. The van der Waals surface area contributed by atoms with Crippen molar-refractivity contribution < 1.29 is 13.9 Å². The van der Waals surface area contributed by atoms with Gasteiger partial charge in [0.05, 0.1) is 24.4 Å². The number of fused-ring (bicyclic) bond motifs is 1. The lowest BCUT2D eigenvalue weighted by Crippen LogP contribution is -2.14. The molecule has 0 atom stereocenters. The van der Waals surface area contributed by atoms with Gasteiger partial charge in [-0.2, -0.15) is 0 Å². The van der Waals surface area contributed by atoms with Gasteiger partial charge < -0.3 is 9.15 Å². The van der Waals surface area contributed by atoms with Crippen LogP contribution in [0.25, 0.3) is 10.9 Å². The number of carbonyl (C=O) groups is 1. The second-order valence-electron chi connectivity index (χ2n) is 5.87. The molecule has 1 amide bonds. The first-order chi connectivity index (χ1) is 11.5. The van der Waals surface area contributed by atoms with Gasteiger partial charge in [-0.1, -0.05) is 13.8 Å². The molecule has 6 heteroatoms. The van der Waals surface area contributed by atoms with Crippen molar-refractivity contribution >= 4 is 22.8 Å². The number of ether oxygens (including phenoxy) is 1. The molecule has 0 radical (unpaired) electrons. The van der Waals surface area contributed by atoms with E-state index in [9.17, 15) is 4.79 Å². The lowest BCUT2D eigenvalue weighted by molar-refractivity contribution is 0.102. The van der Waals surface area contributed by atoms with Crippen LogP contribution in [0.2, 0.25) is 0 Å². The van der Waals surface area contributed by atoms with E-state index in [4.69, 9.17) is 9.15 Å². The monoisotopic (exact) mass is 325 g/mol. The number of anilines is 1. The Labute approximate surface area is 139 Å². The molecule has 0 aliphatic rings. The van der Waals surface area contributed by atoms with Crippen molar-refractivity contribution in [1.29, 1.82) is 0 Å². The molecular formula is C18H19N3O3. The van der Waals surface area contributed by atoms with Gasteiger partial charge in [-0.05, 0) is 36.6 Å². The van der Waals surface area contributed by atoms with Crippen molar-refractivity contribution in [3.63, 3.8) is 0 Å². The van der Waals surface area contributed by atoms with Gasteiger partial charge in [0.2, 0.25) is 0 Å². The number of pyridine rings is 1. The van der Waals surface area contributed by atoms with Crippen molar-refractivity contribution in [3.05, 3.63) is 47.5 Å². The number of aromatic nitrogens is 2. The molecule has 124 valence electrons. The third-order valence-corrected chi connectivity index (χ3v) is 3.80. The smallest absolute Gasteiger partial charge is 0.301 e. The zero-order chi connectivity index (χ0) is 17.3. The average Bonchev–Trinajstić information content (AvgIpc) is 3.05. The zero-order valence-corrected chi connectivity index (χ0v) is 14.1. The Kier molecular flexibility index (Phi) is 4.20. The number of aryl methyl sites for hydroxylation is 1. The molecule has 1 N–H and O–H groups in total. The highest BCUT2D eigenvalue weighted by molar-refractivity contribution is 6.12. The summed E-state index contributed by atoms with van der Waals surface area (Å²) < 4.78 is 10.5. The molecule has 0 unspecified atom stereocenters. The van der Waals surface area contributed by atoms with E-state index in [1.165, 1.54) is 12.5 Å². The maximum atomic E-state index is 12.7. The van der Waals surface area contributed by atoms with Crippen molar-refractivity contribution in [2.45, 2.75) is 26.7 Å². The Bertz CT molecular complexity index is 886. The van der Waals surface area contributed by atoms with Gasteiger partial charge in [0.25, 0.3) is 5.91 Å². The van der Waals surface area contributed by atoms with Crippen LogP contribution in [0.15, 0.2) is 35.1 Å². The molecule has 2 aromatic heterocycles. The van der Waals surface area contributed by atoms with Gasteiger partial charge in [0, 0.05) is 11.1 Å². The highest BCUT2D eigenvalue weighted by atomic mass is 16.5. The first-order valence-corrected chi connectivity index (χ1v) is 7.69. The summed E-state index contributed by atoms with van der Waals surface area (Å²) in [5.74, 6) is 0.561. The predicted octanol–water partition coefficient (Wildman–Crippen LogP) is 3.92. The van der Waals surface area contributed by atoms with Crippen molar-refractivity contribution in [2.75, 3.05) is 12.4 Å². The summed E-state index contributed by atoms with van der Waals surface area (Å²) in [6.07, 6.45) is 2.87. The van der Waals surface area contributed by atoms with Gasteiger partial charge in [0.1, 0.15) is 12.0 Å². The van der Waals surface area contributed by atoms with E-state index in [1.807, 2.05) is 19.1 Å². The van der Waals surface area contributed by atoms with E-state index in [2.05, 4.69) is 29.1 Å². The van der Waals surface area contributed by atoms with Crippen LogP contribution in [0.5, 0.6) is 5.75 Å². The Hall–Kier alpha value is -2.89. The number of benzene rings is 1. The molecule has 3 rings (SSSR count). The lowest BCUT2D eigenvalue weighted by atomic mass is 9.95. The first-order valence-electron chi connectivity index (χ1n) is 7.69. The third kappa shape index (κ3) is 2.95. The molecular weight excluding hydrogens is 306 g/mol. The fraction of sp³-hybridized carbons (Fsp3) is 0.278. The van der Waals surface area contributed by atoms with Crippen LogP contribution in [-0.4, -0.2) is 23.0 Å². The maximum Gasteiger partial charge on any atom is 0.301 e. The van der Waals surface area contributed by atoms with Gasteiger partial charge in [0.15, 0.2) is 0 Å². The van der Waals surface area contributed by atoms with E-state index >= 15 is 0 Å². The molecule has 0 spiro atoms. The molecule has 6 nitrogen and oxygen atoms in total. The van der Waals surface area contributed by atoms with Crippen LogP contribution in [-0.2, 0) is 0 Å². The Balaban J connectivity index is 2.20. The fourth-order valence-electron chi connectivity index (χ4n) is 2.68. The summed E-state index contributed by atoms with van der Waals surface area (Å²) in [5.41, 5.74) is 3.06. The average molecular weight is 325 g/mol. The van der Waals surface area contributed by atoms with Crippen LogP contribution < -0.4 is 10.1 Å². The highest BCUT2D eigenvalue weighted by Crippen LogP contribution is 2.31. The molecule has 0 bridgehead atoms. The van der Waals surface area contributed by atoms with Crippen LogP contribution in [0, 0.1) is 6.92 Å². The number of amides is 1. The van der Waals surface area contributed by atoms with Gasteiger partial charge in [-0.3, -0.25) is 15.1 Å². The standard InChI is InChI=1S/C18H19N3O3/c1-10(2)13-7-11(3)20-16-14(13)8-12(23-4)9-15(16)17(22)21-18-19-5-6-24-18/h5-10H,1-4H3,(H,19,21,22). The minimum absolute atomic E-state index is 0.146. The Morgan fingerprint density at radius 1 is 1.29 bits per heavy atom. The Morgan fingerprint density at radius 3 is 2.71 bits per heavy atom. The SMILES string of the molecule is COc1cc(C(=O)Nc2ncco2)c2nc(C)cc(C(C)C)c2c1. The van der Waals surface area contributed by atoms with E-state index in [1.54, 1.807) is 13.2 Å². The molecule has 3 aromatic rings. The molecule has 0 saturated heterocycles. The topological polar surface area (TPSA) is 77.2 Å². The molecule has 24 heavy (non-hydrogen) atoms. The van der Waals surface area contributed by atoms with E-state index in [-0.39, 0.29) is 11.9 Å². The predicted molar refractivity (Wildman–Crippen MR) is 91.6 cm³/mol. The first kappa shape index (κ1) is 16.0. The van der Waals surface area contributed by atoms with Crippen molar-refractivity contribution in [2.24, 2.45) is 0 Å². The van der Waals surface area contributed by atoms with Gasteiger partial charge >= 0.3 is 6.01 Å². The number of oxazole rings is 1. The summed E-state index contributed by atoms with van der Waals surface area (Å²) in [6, 6.07) is 5.78. The maximum absolute atomic E-state index is 12.7. The van der Waals surface area contributed by atoms with Crippen LogP contribution in [0.4, 0.5) is 6.01 Å². The minimum Gasteiger partial charge on any atom is -0.497 e. The fourth-order valence-corrected chi connectivity index (χ4v) is 2.68. The molecule has 0 aliphatic carbocycles. The van der Waals surface area contributed by atoms with E-state index < -0.39 is 0 Å². The largest absolute Gasteiger partial charge is 0.497 e. The molecule has 0 saturated carbocycles. The number of hydrogen-bond acceptors (Lipinski definition) is 5. The van der Waals surface area contributed by atoms with E-state index in [0.717, 1.165) is 16.6 Å². The van der Waals surface area contributed by atoms with Crippen LogP contribution in [0.3, 0.4) is 0 Å². The summed E-state index contributed by atoms with van der Waals surface area (Å²) >= 11 is 0. The normalized spacial score (nSPS) is 11.0. The number of nitrogens with one attached hydrogen (secondary N) is 1. The van der Waals surface area contributed by atoms with Crippen LogP contribution in [0.1, 0.15) is 41.4 Å². The Morgan fingerprint density at radius 2 is 2.08 bits per heavy atom. The molecule has 2 heterocycles. The summed E-state index contributed by atoms with van der Waals surface area (Å²) in [5, 5.41) is 3.55. The summed E-state index contributed by atoms with van der Waals surface area (Å²) in [4.78, 5) is 21.2.